The highest BCUT2D eigenvalue weighted by atomic mass is 16.5. The van der Waals surface area contributed by atoms with Crippen LogP contribution in [-0.2, 0) is 0 Å². The molecule has 3 rings (SSSR count). The molecule has 1 aromatic heterocycles. The van der Waals surface area contributed by atoms with Crippen molar-refractivity contribution in [2.24, 2.45) is 0 Å². The van der Waals surface area contributed by atoms with E-state index in [0.717, 1.165) is 18.5 Å². The van der Waals surface area contributed by atoms with Crippen LogP contribution in [0.25, 0.3) is 11.3 Å². The summed E-state index contributed by atoms with van der Waals surface area (Å²) in [5.41, 5.74) is 2.06. The van der Waals surface area contributed by atoms with Gasteiger partial charge in [-0.2, -0.15) is 0 Å². The first-order valence-corrected chi connectivity index (χ1v) is 8.19. The zero-order valence-corrected chi connectivity index (χ0v) is 14.3. The van der Waals surface area contributed by atoms with Crippen molar-refractivity contribution >= 4 is 5.91 Å². The van der Waals surface area contributed by atoms with E-state index in [2.05, 4.69) is 20.2 Å². The molecular weight excluding hydrogens is 320 g/mol. The number of methoxy groups -OCH3 is 1. The first-order chi connectivity index (χ1) is 12.1. The SMILES string of the molecule is COc1nccnc1-c1ccc(C(=O)N[C@@H]2C[C@@H](CO)N(C)C2)cc1. The molecule has 0 spiro atoms. The van der Waals surface area contributed by atoms with Crippen molar-refractivity contribution in [3.05, 3.63) is 42.2 Å². The fourth-order valence-corrected chi connectivity index (χ4v) is 3.12. The van der Waals surface area contributed by atoms with Gasteiger partial charge in [-0.15, -0.1) is 0 Å². The van der Waals surface area contributed by atoms with Crippen molar-refractivity contribution in [2.75, 3.05) is 27.3 Å². The lowest BCUT2D eigenvalue weighted by molar-refractivity contribution is 0.0938. The lowest BCUT2D eigenvalue weighted by Crippen LogP contribution is -2.36. The second-order valence-electron chi connectivity index (χ2n) is 6.17. The number of aromatic nitrogens is 2. The second kappa shape index (κ2) is 7.58. The highest BCUT2D eigenvalue weighted by molar-refractivity contribution is 5.94. The third kappa shape index (κ3) is 3.78. The quantitative estimate of drug-likeness (QED) is 0.841. The number of hydrogen-bond donors (Lipinski definition) is 2. The number of aliphatic hydroxyl groups is 1. The van der Waals surface area contributed by atoms with Crippen molar-refractivity contribution in [1.82, 2.24) is 20.2 Å². The molecule has 1 aliphatic heterocycles. The third-order valence-electron chi connectivity index (χ3n) is 4.51. The van der Waals surface area contributed by atoms with E-state index in [4.69, 9.17) is 4.74 Å². The van der Waals surface area contributed by atoms with Gasteiger partial charge >= 0.3 is 0 Å². The summed E-state index contributed by atoms with van der Waals surface area (Å²) in [6.45, 7) is 0.851. The number of benzene rings is 1. The molecule has 2 atom stereocenters. The molecule has 0 unspecified atom stereocenters. The summed E-state index contributed by atoms with van der Waals surface area (Å²) in [7, 11) is 3.50. The molecule has 0 bridgehead atoms. The summed E-state index contributed by atoms with van der Waals surface area (Å²) in [6.07, 6.45) is 3.93. The van der Waals surface area contributed by atoms with E-state index in [1.807, 2.05) is 19.2 Å². The van der Waals surface area contributed by atoms with Crippen LogP contribution in [0.2, 0.25) is 0 Å². The normalized spacial score (nSPS) is 20.4. The smallest absolute Gasteiger partial charge is 0.251 e. The van der Waals surface area contributed by atoms with E-state index in [-0.39, 0.29) is 24.6 Å². The van der Waals surface area contributed by atoms with Gasteiger partial charge in [0.25, 0.3) is 5.91 Å². The number of carbonyl (C=O) groups excluding carboxylic acids is 1. The predicted octanol–water partition coefficient (Wildman–Crippen LogP) is 0.947. The van der Waals surface area contributed by atoms with Gasteiger partial charge in [0.15, 0.2) is 0 Å². The van der Waals surface area contributed by atoms with Gasteiger partial charge in [0.2, 0.25) is 5.88 Å². The Labute approximate surface area is 146 Å². The maximum absolute atomic E-state index is 12.4. The van der Waals surface area contributed by atoms with Crippen LogP contribution in [0.15, 0.2) is 36.7 Å². The molecule has 1 aromatic carbocycles. The van der Waals surface area contributed by atoms with Crippen molar-refractivity contribution < 1.29 is 14.6 Å². The van der Waals surface area contributed by atoms with E-state index in [1.165, 1.54) is 0 Å². The minimum atomic E-state index is -0.116. The van der Waals surface area contributed by atoms with Crippen LogP contribution in [0.3, 0.4) is 0 Å². The average Bonchev–Trinajstić information content (AvgIpc) is 3.01. The molecule has 1 amide bonds. The average molecular weight is 342 g/mol. The molecule has 0 aliphatic carbocycles. The number of hydrogen-bond acceptors (Lipinski definition) is 6. The Morgan fingerprint density at radius 3 is 2.68 bits per heavy atom. The molecule has 7 heteroatoms. The van der Waals surface area contributed by atoms with Gasteiger partial charge in [-0.1, -0.05) is 12.1 Å². The summed E-state index contributed by atoms with van der Waals surface area (Å²) < 4.78 is 5.22. The summed E-state index contributed by atoms with van der Waals surface area (Å²) in [5.74, 6) is 0.332. The number of ether oxygens (including phenoxy) is 1. The Morgan fingerprint density at radius 2 is 2.04 bits per heavy atom. The number of rotatable bonds is 5. The summed E-state index contributed by atoms with van der Waals surface area (Å²) in [6, 6.07) is 7.35. The molecule has 132 valence electrons. The van der Waals surface area contributed by atoms with Crippen molar-refractivity contribution in [1.29, 1.82) is 0 Å². The van der Waals surface area contributed by atoms with Gasteiger partial charge in [-0.05, 0) is 25.6 Å². The molecule has 25 heavy (non-hydrogen) atoms. The summed E-state index contributed by atoms with van der Waals surface area (Å²) in [4.78, 5) is 22.9. The van der Waals surface area contributed by atoms with E-state index in [1.54, 1.807) is 31.6 Å². The number of amides is 1. The van der Waals surface area contributed by atoms with Gasteiger partial charge < -0.3 is 15.2 Å². The van der Waals surface area contributed by atoms with Gasteiger partial charge in [-0.3, -0.25) is 9.69 Å². The maximum Gasteiger partial charge on any atom is 0.251 e. The van der Waals surface area contributed by atoms with Gasteiger partial charge in [0.1, 0.15) is 5.69 Å². The second-order valence-corrected chi connectivity index (χ2v) is 6.17. The minimum absolute atomic E-state index is 0.0504. The highest BCUT2D eigenvalue weighted by Gasteiger charge is 2.29. The van der Waals surface area contributed by atoms with Crippen molar-refractivity contribution in [2.45, 2.75) is 18.5 Å². The lowest BCUT2D eigenvalue weighted by Gasteiger charge is -2.15. The largest absolute Gasteiger partial charge is 0.479 e. The molecule has 0 radical (unpaired) electrons. The van der Waals surface area contributed by atoms with Crippen LogP contribution >= 0.6 is 0 Å². The van der Waals surface area contributed by atoms with Crippen LogP contribution in [0.4, 0.5) is 0 Å². The predicted molar refractivity (Wildman–Crippen MR) is 93.4 cm³/mol. The number of likely N-dealkylation sites (N-methyl/N-ethyl adjacent to an activating group) is 1. The molecule has 2 aromatic rings. The topological polar surface area (TPSA) is 87.6 Å². The Morgan fingerprint density at radius 1 is 1.32 bits per heavy atom. The first kappa shape index (κ1) is 17.3. The monoisotopic (exact) mass is 342 g/mol. The Bertz CT molecular complexity index is 735. The third-order valence-corrected chi connectivity index (χ3v) is 4.51. The van der Waals surface area contributed by atoms with Crippen LogP contribution in [0.1, 0.15) is 16.8 Å². The van der Waals surface area contributed by atoms with E-state index in [9.17, 15) is 9.90 Å². The van der Waals surface area contributed by atoms with Gasteiger partial charge in [0.05, 0.1) is 13.7 Å². The number of nitrogens with zero attached hydrogens (tertiary/aromatic N) is 3. The molecule has 7 nitrogen and oxygen atoms in total. The number of nitrogens with one attached hydrogen (secondary N) is 1. The van der Waals surface area contributed by atoms with Crippen LogP contribution in [0, 0.1) is 0 Å². The summed E-state index contributed by atoms with van der Waals surface area (Å²) >= 11 is 0. The standard InChI is InChI=1S/C18H22N4O3/c1-22-10-14(9-15(22)11-23)21-17(24)13-5-3-12(4-6-13)16-18(25-2)20-8-7-19-16/h3-8,14-15,23H,9-11H2,1-2H3,(H,21,24)/t14-,15+/m1/s1. The fraction of sp³-hybridized carbons (Fsp3) is 0.389. The Balaban J connectivity index is 1.69. The highest BCUT2D eigenvalue weighted by Crippen LogP contribution is 2.25. The lowest BCUT2D eigenvalue weighted by atomic mass is 10.1. The molecule has 1 aliphatic rings. The molecule has 0 saturated carbocycles. The van der Waals surface area contributed by atoms with Gasteiger partial charge in [0, 0.05) is 42.1 Å². The molecule has 2 N–H and O–H groups in total. The van der Waals surface area contributed by atoms with E-state index in [0.29, 0.717) is 17.1 Å². The zero-order chi connectivity index (χ0) is 17.8. The van der Waals surface area contributed by atoms with Gasteiger partial charge in [-0.25, -0.2) is 9.97 Å². The number of carbonyl (C=O) groups is 1. The van der Waals surface area contributed by atoms with Crippen LogP contribution in [0.5, 0.6) is 5.88 Å². The Kier molecular flexibility index (Phi) is 5.25. The van der Waals surface area contributed by atoms with Crippen molar-refractivity contribution in [3.8, 4) is 17.1 Å². The molecule has 2 heterocycles. The fourth-order valence-electron chi connectivity index (χ4n) is 3.12. The Hall–Kier alpha value is -2.51. The maximum atomic E-state index is 12.4. The zero-order valence-electron chi connectivity index (χ0n) is 14.3. The first-order valence-electron chi connectivity index (χ1n) is 8.19. The van der Waals surface area contributed by atoms with Crippen molar-refractivity contribution in [3.63, 3.8) is 0 Å². The van der Waals surface area contributed by atoms with Crippen LogP contribution < -0.4 is 10.1 Å². The van der Waals surface area contributed by atoms with E-state index < -0.39 is 0 Å². The molecular formula is C18H22N4O3. The van der Waals surface area contributed by atoms with Crippen LogP contribution in [-0.4, -0.2) is 65.3 Å². The number of aliphatic hydroxyl groups excluding tert-OH is 1. The molecule has 1 saturated heterocycles. The number of likely N-dealkylation sites (tertiary alicyclic amines) is 1. The molecule has 1 fully saturated rings. The minimum Gasteiger partial charge on any atom is -0.479 e. The van der Waals surface area contributed by atoms with E-state index >= 15 is 0 Å². The summed E-state index contributed by atoms with van der Waals surface area (Å²) in [5, 5.41) is 12.3.